The second kappa shape index (κ2) is 25.0. The van der Waals surface area contributed by atoms with Gasteiger partial charge in [-0.05, 0) is 75.9 Å². The first kappa shape index (κ1) is 57.9. The van der Waals surface area contributed by atoms with Crippen LogP contribution in [0.25, 0.3) is 30.4 Å². The van der Waals surface area contributed by atoms with Crippen LogP contribution < -0.4 is 42.6 Å². The van der Waals surface area contributed by atoms with E-state index in [9.17, 15) is 47.1 Å². The number of carbonyl (C=O) groups excluding carboxylic acids is 2. The van der Waals surface area contributed by atoms with Gasteiger partial charge in [-0.25, -0.2) is 27.5 Å². The Bertz CT molecular complexity index is 3710. The summed E-state index contributed by atoms with van der Waals surface area (Å²) in [5.74, 6) is -3.73. The quantitative estimate of drug-likeness (QED) is 0.0841. The van der Waals surface area contributed by atoms with E-state index < -0.39 is 82.2 Å². The molecule has 2 aliphatic rings. The van der Waals surface area contributed by atoms with E-state index in [0.717, 1.165) is 31.8 Å². The molecule has 2 saturated heterocycles. The summed E-state index contributed by atoms with van der Waals surface area (Å²) >= 11 is 2.21. The molecule has 6 aromatic heterocycles. The fourth-order valence-corrected chi connectivity index (χ4v) is 12.3. The Morgan fingerprint density at radius 2 is 1.01 bits per heavy atom. The van der Waals surface area contributed by atoms with Gasteiger partial charge in [0, 0.05) is 35.3 Å². The summed E-state index contributed by atoms with van der Waals surface area (Å²) < 4.78 is 56.0. The molecule has 10 rings (SSSR count). The van der Waals surface area contributed by atoms with Gasteiger partial charge in [0.15, 0.2) is 0 Å². The van der Waals surface area contributed by atoms with Crippen molar-refractivity contribution in [3.63, 3.8) is 0 Å². The maximum absolute atomic E-state index is 14.4. The van der Waals surface area contributed by atoms with Gasteiger partial charge >= 0.3 is 23.3 Å². The first-order valence-corrected chi connectivity index (χ1v) is 27.2. The number of thiophene rings is 2. The maximum Gasteiger partial charge on any atom is 0.332 e. The summed E-state index contributed by atoms with van der Waals surface area (Å²) in [6.45, 7) is 3.32. The van der Waals surface area contributed by atoms with Crippen LogP contribution in [0.15, 0.2) is 80.4 Å². The molecule has 0 spiro atoms. The van der Waals surface area contributed by atoms with Crippen LogP contribution >= 0.6 is 22.7 Å². The minimum atomic E-state index is -1.10. The van der Waals surface area contributed by atoms with Crippen LogP contribution in [0.4, 0.5) is 8.78 Å². The SMILES string of the molecule is COc1ccc(F)cc1[C@H](Cn1c(=O)n(C2CCCNC2=O)c(=O)c2c(C)c(-n3nccn3)sc21)OCCC(=O)O.COc1ccc(F)cc1[C@H](Cn1c(=O)n([C@@H]2CCCNC2=O)c(=O)c2c(C)c(-n3nccn3)sc21)OCCC(=O)O. The summed E-state index contributed by atoms with van der Waals surface area (Å²) in [7, 11) is 2.78. The van der Waals surface area contributed by atoms with Crippen LogP contribution in [0.3, 0.4) is 0 Å². The number of aryl methyl sites for hydroxylation is 2. The first-order chi connectivity index (χ1) is 39.4. The Kier molecular flexibility index (Phi) is 17.6. The zero-order chi connectivity index (χ0) is 58.5. The number of carboxylic acids is 2. The number of methoxy groups -OCH3 is 2. The Labute approximate surface area is 469 Å². The van der Waals surface area contributed by atoms with Crippen LogP contribution in [-0.2, 0) is 41.7 Å². The lowest BCUT2D eigenvalue weighted by Gasteiger charge is -2.26. The number of ether oxygens (including phenoxy) is 4. The smallest absolute Gasteiger partial charge is 0.332 e. The number of aliphatic carboxylic acids is 2. The third kappa shape index (κ3) is 11.7. The third-order valence-electron chi connectivity index (χ3n) is 13.8. The number of fused-ring (bicyclic) bond motifs is 2. The van der Waals surface area contributed by atoms with Gasteiger partial charge in [-0.3, -0.25) is 37.9 Å². The highest BCUT2D eigenvalue weighted by atomic mass is 32.1. The van der Waals surface area contributed by atoms with E-state index >= 15 is 0 Å². The number of carboxylic acid groups (broad SMARTS) is 2. The molecule has 1 unspecified atom stereocenters. The molecule has 4 N–H and O–H groups in total. The van der Waals surface area contributed by atoms with Crippen molar-refractivity contribution in [1.29, 1.82) is 0 Å². The predicted molar refractivity (Wildman–Crippen MR) is 290 cm³/mol. The third-order valence-corrected chi connectivity index (χ3v) is 16.4. The van der Waals surface area contributed by atoms with E-state index in [2.05, 4.69) is 31.0 Å². The molecular formula is C52H54F2N12O14S2. The molecule has 2 aliphatic heterocycles. The topological polar surface area (TPSA) is 319 Å². The number of hydrogen-bond acceptors (Lipinski definition) is 18. The van der Waals surface area contributed by atoms with Crippen molar-refractivity contribution in [2.75, 3.05) is 40.5 Å². The van der Waals surface area contributed by atoms with E-state index in [0.29, 0.717) is 59.9 Å². The zero-order valence-electron chi connectivity index (χ0n) is 44.4. The van der Waals surface area contributed by atoms with E-state index in [1.807, 2.05) is 0 Å². The molecule has 8 heterocycles. The Hall–Kier alpha value is -8.74. The normalized spacial score (nSPS) is 16.1. The lowest BCUT2D eigenvalue weighted by atomic mass is 10.1. The van der Waals surface area contributed by atoms with Crippen molar-refractivity contribution < 1.29 is 57.1 Å². The molecule has 82 heavy (non-hydrogen) atoms. The van der Waals surface area contributed by atoms with Gasteiger partial charge in [-0.15, -0.1) is 9.59 Å². The zero-order valence-corrected chi connectivity index (χ0v) is 46.0. The van der Waals surface area contributed by atoms with Crippen molar-refractivity contribution in [2.24, 2.45) is 0 Å². The summed E-state index contributed by atoms with van der Waals surface area (Å²) in [6.07, 6.45) is 4.85. The van der Waals surface area contributed by atoms with E-state index in [-0.39, 0.29) is 82.2 Å². The fourth-order valence-electron chi connectivity index (χ4n) is 9.91. The van der Waals surface area contributed by atoms with Crippen LogP contribution in [0.5, 0.6) is 11.5 Å². The van der Waals surface area contributed by atoms with Crippen LogP contribution in [-0.4, -0.2) is 123 Å². The predicted octanol–water partition coefficient (Wildman–Crippen LogP) is 3.89. The molecule has 0 aliphatic carbocycles. The standard InChI is InChI=1S/2C26H27FN6O7S/c2*1-14-21-23(37)32(17-4-3-8-28-22(17)36)26(38)31(25(21)41-24(14)33-29-9-10-30-33)13-19(40-11-7-20(34)35)16-12-15(27)5-6-18(16)39-2/h2*5-6,9-10,12,17,19H,3-4,7-8,11,13H2,1-2H3,(H,28,36)(H,34,35)/t17?,19-;17-,19+/m01/s1. The van der Waals surface area contributed by atoms with Crippen molar-refractivity contribution in [3.05, 3.63) is 137 Å². The molecule has 30 heteroatoms. The van der Waals surface area contributed by atoms with Crippen LogP contribution in [0, 0.1) is 25.5 Å². The van der Waals surface area contributed by atoms with E-state index in [1.54, 1.807) is 13.8 Å². The summed E-state index contributed by atoms with van der Waals surface area (Å²) in [5, 5.41) is 41.8. The summed E-state index contributed by atoms with van der Waals surface area (Å²) in [4.78, 5) is 107. The molecule has 432 valence electrons. The second-order valence-corrected chi connectivity index (χ2v) is 20.8. The molecule has 4 atom stereocenters. The van der Waals surface area contributed by atoms with Gasteiger partial charge in [0.25, 0.3) is 11.1 Å². The molecule has 2 amide bonds. The van der Waals surface area contributed by atoms with Gasteiger partial charge in [0.2, 0.25) is 11.8 Å². The number of halogens is 2. The molecule has 0 radical (unpaired) electrons. The number of piperidine rings is 2. The number of hydrogen-bond donors (Lipinski definition) is 4. The average Bonchev–Trinajstić information content (AvgIpc) is 4.50. The molecule has 26 nitrogen and oxygen atoms in total. The molecule has 0 saturated carbocycles. The van der Waals surface area contributed by atoms with Gasteiger partial charge in [0.05, 0.1) is 88.9 Å². The first-order valence-electron chi connectivity index (χ1n) is 25.6. The van der Waals surface area contributed by atoms with E-state index in [1.165, 1.54) is 94.1 Å². The fraction of sp³-hybridized carbons (Fsp3) is 0.385. The number of benzene rings is 2. The maximum atomic E-state index is 14.4. The number of amides is 2. The highest BCUT2D eigenvalue weighted by Crippen LogP contribution is 2.37. The molecular weight excluding hydrogens is 1120 g/mol. The number of rotatable bonds is 20. The molecule has 2 fully saturated rings. The highest BCUT2D eigenvalue weighted by Gasteiger charge is 2.34. The van der Waals surface area contributed by atoms with E-state index in [4.69, 9.17) is 29.2 Å². The molecule has 2 aromatic carbocycles. The van der Waals surface area contributed by atoms with Crippen LogP contribution in [0.1, 0.15) is 85.1 Å². The lowest BCUT2D eigenvalue weighted by Crippen LogP contribution is -2.49. The number of carbonyl (C=O) groups is 4. The Morgan fingerprint density at radius 1 is 0.634 bits per heavy atom. The monoisotopic (exact) mass is 1170 g/mol. The Morgan fingerprint density at radius 3 is 1.35 bits per heavy atom. The van der Waals surface area contributed by atoms with Crippen molar-refractivity contribution in [3.8, 4) is 21.5 Å². The largest absolute Gasteiger partial charge is 0.496 e. The lowest BCUT2D eigenvalue weighted by molar-refractivity contribution is -0.139. The van der Waals surface area contributed by atoms with Gasteiger partial charge < -0.3 is 39.8 Å². The summed E-state index contributed by atoms with van der Waals surface area (Å²) in [5.41, 5.74) is -1.25. The minimum absolute atomic E-state index is 0.204. The summed E-state index contributed by atoms with van der Waals surface area (Å²) in [6, 6.07) is 5.54. The van der Waals surface area contributed by atoms with Crippen molar-refractivity contribution >= 4 is 66.9 Å². The van der Waals surface area contributed by atoms with Gasteiger partial charge in [-0.1, -0.05) is 22.7 Å². The van der Waals surface area contributed by atoms with Crippen molar-refractivity contribution in [2.45, 2.75) is 89.8 Å². The number of nitrogens with zero attached hydrogens (tertiary/aromatic N) is 10. The Balaban J connectivity index is 0.000000198. The van der Waals surface area contributed by atoms with Crippen LogP contribution in [0.2, 0.25) is 0 Å². The molecule has 0 bridgehead atoms. The second-order valence-electron chi connectivity index (χ2n) is 18.9. The van der Waals surface area contributed by atoms with Crippen molar-refractivity contribution in [1.82, 2.24) is 58.9 Å². The minimum Gasteiger partial charge on any atom is -0.496 e. The van der Waals surface area contributed by atoms with Gasteiger partial charge in [-0.2, -0.15) is 20.4 Å². The highest BCUT2D eigenvalue weighted by molar-refractivity contribution is 7.21. The number of aromatic nitrogens is 10. The van der Waals surface area contributed by atoms with Gasteiger partial charge in [0.1, 0.15) is 67.1 Å². The average molecular weight is 1170 g/mol. The molecule has 8 aromatic rings. The number of nitrogens with one attached hydrogen (secondary N) is 2.